The molecule has 2 atom stereocenters. The van der Waals surface area contributed by atoms with E-state index in [-0.39, 0.29) is 5.92 Å². The Morgan fingerprint density at radius 3 is 2.17 bits per heavy atom. The van der Waals surface area contributed by atoms with Crippen LogP contribution in [0.25, 0.3) is 0 Å². The standard InChI is InChI=1S/C10H20FN/c1-7(2)5-10(11)9(6-12)8(3)4/h5,8-10H,6,12H2,1-4H3. The quantitative estimate of drug-likeness (QED) is 0.649. The number of alkyl halides is 1. The van der Waals surface area contributed by atoms with Crippen LogP contribution in [0.3, 0.4) is 0 Å². The van der Waals surface area contributed by atoms with Gasteiger partial charge in [0.1, 0.15) is 6.17 Å². The number of nitrogens with two attached hydrogens (primary N) is 1. The molecule has 1 nitrogen and oxygen atoms in total. The zero-order valence-corrected chi connectivity index (χ0v) is 8.47. The lowest BCUT2D eigenvalue weighted by molar-refractivity contribution is 0.229. The molecule has 0 bridgehead atoms. The Labute approximate surface area is 74.8 Å². The van der Waals surface area contributed by atoms with E-state index in [4.69, 9.17) is 5.73 Å². The topological polar surface area (TPSA) is 26.0 Å². The molecule has 0 saturated heterocycles. The average molecular weight is 173 g/mol. The maximum absolute atomic E-state index is 13.4. The molecule has 0 radical (unpaired) electrons. The minimum absolute atomic E-state index is 0.0418. The summed E-state index contributed by atoms with van der Waals surface area (Å²) in [6, 6.07) is 0. The van der Waals surface area contributed by atoms with Crippen molar-refractivity contribution < 1.29 is 4.39 Å². The minimum Gasteiger partial charge on any atom is -0.330 e. The molecule has 0 aromatic carbocycles. The monoisotopic (exact) mass is 173 g/mol. The number of rotatable bonds is 4. The van der Waals surface area contributed by atoms with Gasteiger partial charge in [-0.1, -0.05) is 25.5 Å². The van der Waals surface area contributed by atoms with Crippen molar-refractivity contribution in [2.75, 3.05) is 6.54 Å². The van der Waals surface area contributed by atoms with E-state index in [2.05, 4.69) is 0 Å². The zero-order chi connectivity index (χ0) is 9.72. The van der Waals surface area contributed by atoms with Gasteiger partial charge in [-0.15, -0.1) is 0 Å². The first kappa shape index (κ1) is 11.6. The van der Waals surface area contributed by atoms with Gasteiger partial charge >= 0.3 is 0 Å². The molecule has 0 rings (SSSR count). The van der Waals surface area contributed by atoms with Gasteiger partial charge in [-0.2, -0.15) is 0 Å². The molecular formula is C10H20FN. The van der Waals surface area contributed by atoms with Crippen LogP contribution in [0.5, 0.6) is 0 Å². The Bertz CT molecular complexity index is 148. The van der Waals surface area contributed by atoms with Crippen molar-refractivity contribution in [3.63, 3.8) is 0 Å². The molecule has 0 aliphatic heterocycles. The molecule has 0 fully saturated rings. The molecule has 2 N–H and O–H groups in total. The van der Waals surface area contributed by atoms with E-state index >= 15 is 0 Å². The molecule has 0 amide bonds. The van der Waals surface area contributed by atoms with E-state index in [1.54, 1.807) is 6.08 Å². The highest BCUT2D eigenvalue weighted by Gasteiger charge is 2.20. The number of allylic oxidation sites excluding steroid dienone is 2. The first-order valence-corrected chi connectivity index (χ1v) is 4.48. The summed E-state index contributed by atoms with van der Waals surface area (Å²) in [4.78, 5) is 0. The fourth-order valence-corrected chi connectivity index (χ4v) is 1.21. The smallest absolute Gasteiger partial charge is 0.123 e. The zero-order valence-electron chi connectivity index (χ0n) is 8.47. The van der Waals surface area contributed by atoms with Crippen LogP contribution in [-0.4, -0.2) is 12.7 Å². The van der Waals surface area contributed by atoms with E-state index in [0.717, 1.165) is 5.57 Å². The van der Waals surface area contributed by atoms with Crippen molar-refractivity contribution in [3.8, 4) is 0 Å². The molecule has 0 heterocycles. The van der Waals surface area contributed by atoms with E-state index in [1.807, 2.05) is 27.7 Å². The second-order valence-corrected chi connectivity index (χ2v) is 3.83. The highest BCUT2D eigenvalue weighted by atomic mass is 19.1. The first-order chi connectivity index (χ1) is 5.49. The Balaban J connectivity index is 4.22. The third kappa shape index (κ3) is 3.86. The Morgan fingerprint density at radius 2 is 1.92 bits per heavy atom. The third-order valence-electron chi connectivity index (χ3n) is 2.03. The van der Waals surface area contributed by atoms with Gasteiger partial charge in [0.15, 0.2) is 0 Å². The van der Waals surface area contributed by atoms with E-state index in [0.29, 0.717) is 12.5 Å². The van der Waals surface area contributed by atoms with E-state index in [9.17, 15) is 4.39 Å². The predicted octanol–water partition coefficient (Wildman–Crippen LogP) is 2.52. The van der Waals surface area contributed by atoms with Crippen LogP contribution in [0.15, 0.2) is 11.6 Å². The molecule has 0 aromatic rings. The van der Waals surface area contributed by atoms with Crippen LogP contribution in [0.1, 0.15) is 27.7 Å². The number of halogens is 1. The lowest BCUT2D eigenvalue weighted by atomic mass is 9.90. The molecule has 0 spiro atoms. The molecule has 72 valence electrons. The van der Waals surface area contributed by atoms with Crippen molar-refractivity contribution in [2.24, 2.45) is 17.6 Å². The summed E-state index contributed by atoms with van der Waals surface area (Å²) >= 11 is 0. The summed E-state index contributed by atoms with van der Waals surface area (Å²) in [5, 5.41) is 0. The predicted molar refractivity (Wildman–Crippen MR) is 51.7 cm³/mol. The van der Waals surface area contributed by atoms with Gasteiger partial charge in [0, 0.05) is 5.92 Å². The van der Waals surface area contributed by atoms with Crippen LogP contribution < -0.4 is 5.73 Å². The van der Waals surface area contributed by atoms with Crippen molar-refractivity contribution in [3.05, 3.63) is 11.6 Å². The number of hydrogen-bond acceptors (Lipinski definition) is 1. The summed E-state index contributed by atoms with van der Waals surface area (Å²) < 4.78 is 13.4. The third-order valence-corrected chi connectivity index (χ3v) is 2.03. The molecule has 0 aromatic heterocycles. The molecular weight excluding hydrogens is 153 g/mol. The van der Waals surface area contributed by atoms with Crippen molar-refractivity contribution in [1.29, 1.82) is 0 Å². The van der Waals surface area contributed by atoms with Crippen LogP contribution in [0, 0.1) is 11.8 Å². The molecule has 2 unspecified atom stereocenters. The fourth-order valence-electron chi connectivity index (χ4n) is 1.21. The summed E-state index contributed by atoms with van der Waals surface area (Å²) in [5.74, 6) is 0.264. The lowest BCUT2D eigenvalue weighted by Crippen LogP contribution is -2.28. The summed E-state index contributed by atoms with van der Waals surface area (Å²) in [6.07, 6.45) is 0.761. The SMILES string of the molecule is CC(C)=CC(F)C(CN)C(C)C. The highest BCUT2D eigenvalue weighted by molar-refractivity contribution is 5.00. The average Bonchev–Trinajstić information content (AvgIpc) is 1.85. The Morgan fingerprint density at radius 1 is 1.42 bits per heavy atom. The molecule has 0 aliphatic carbocycles. The molecule has 12 heavy (non-hydrogen) atoms. The maximum Gasteiger partial charge on any atom is 0.123 e. The number of hydrogen-bond donors (Lipinski definition) is 1. The van der Waals surface area contributed by atoms with Crippen molar-refractivity contribution in [1.82, 2.24) is 0 Å². The van der Waals surface area contributed by atoms with Crippen LogP contribution in [0.4, 0.5) is 4.39 Å². The fraction of sp³-hybridized carbons (Fsp3) is 0.800. The summed E-state index contributed by atoms with van der Waals surface area (Å²) in [5.41, 5.74) is 6.50. The molecule has 0 aliphatic rings. The van der Waals surface area contributed by atoms with Crippen molar-refractivity contribution >= 4 is 0 Å². The molecule has 0 saturated carbocycles. The molecule has 2 heteroatoms. The minimum atomic E-state index is -0.889. The van der Waals surface area contributed by atoms with Gasteiger partial charge < -0.3 is 5.73 Å². The largest absolute Gasteiger partial charge is 0.330 e. The van der Waals surface area contributed by atoms with Gasteiger partial charge in [-0.25, -0.2) is 4.39 Å². The van der Waals surface area contributed by atoms with Crippen molar-refractivity contribution in [2.45, 2.75) is 33.9 Å². The van der Waals surface area contributed by atoms with Crippen LogP contribution in [0.2, 0.25) is 0 Å². The highest BCUT2D eigenvalue weighted by Crippen LogP contribution is 2.18. The van der Waals surface area contributed by atoms with Gasteiger partial charge in [-0.3, -0.25) is 0 Å². The Kier molecular flexibility index (Phi) is 5.14. The van der Waals surface area contributed by atoms with E-state index < -0.39 is 6.17 Å². The normalized spacial score (nSPS) is 15.9. The van der Waals surface area contributed by atoms with Crippen LogP contribution >= 0.6 is 0 Å². The van der Waals surface area contributed by atoms with Gasteiger partial charge in [0.2, 0.25) is 0 Å². The summed E-state index contributed by atoms with van der Waals surface area (Å²) in [7, 11) is 0. The van der Waals surface area contributed by atoms with Gasteiger partial charge in [0.25, 0.3) is 0 Å². The maximum atomic E-state index is 13.4. The first-order valence-electron chi connectivity index (χ1n) is 4.48. The second kappa shape index (κ2) is 5.31. The van der Waals surface area contributed by atoms with Gasteiger partial charge in [-0.05, 0) is 26.3 Å². The van der Waals surface area contributed by atoms with Crippen LogP contribution in [-0.2, 0) is 0 Å². The van der Waals surface area contributed by atoms with Gasteiger partial charge in [0.05, 0.1) is 0 Å². The lowest BCUT2D eigenvalue weighted by Gasteiger charge is -2.20. The summed E-state index contributed by atoms with van der Waals surface area (Å²) in [6.45, 7) is 8.23. The second-order valence-electron chi connectivity index (χ2n) is 3.83. The Hall–Kier alpha value is -0.370. The van der Waals surface area contributed by atoms with E-state index in [1.165, 1.54) is 0 Å².